The molecule has 0 saturated carbocycles. The number of phenols is 1. The van der Waals surface area contributed by atoms with E-state index in [1.807, 2.05) is 0 Å². The number of H-pyrrole nitrogens is 1. The molecule has 3 N–H and O–H groups in total. The summed E-state index contributed by atoms with van der Waals surface area (Å²) < 4.78 is 0. The van der Waals surface area contributed by atoms with Crippen molar-refractivity contribution in [2.75, 3.05) is 6.54 Å². The Morgan fingerprint density at radius 2 is 2.19 bits per heavy atom. The average molecular weight is 216 g/mol. The maximum absolute atomic E-state index is 12.2. The molecule has 3 rings (SSSR count). The summed E-state index contributed by atoms with van der Waals surface area (Å²) in [6, 6.07) is 4.81. The number of phenolic OH excluding ortho intramolecular Hbond substituents is 1. The molecular weight excluding hydrogens is 204 g/mol. The van der Waals surface area contributed by atoms with Crippen molar-refractivity contribution < 1.29 is 5.11 Å². The SMILES string of the molecule is O=c1c2c([nH]c3cc(O)ccc13)CNCC2. The molecule has 0 radical (unpaired) electrons. The third-order valence-corrected chi connectivity index (χ3v) is 3.03. The van der Waals surface area contributed by atoms with E-state index in [-0.39, 0.29) is 11.2 Å². The highest BCUT2D eigenvalue weighted by Gasteiger charge is 2.14. The van der Waals surface area contributed by atoms with Crippen LogP contribution in [-0.2, 0) is 13.0 Å². The molecule has 0 unspecified atom stereocenters. The van der Waals surface area contributed by atoms with Gasteiger partial charge >= 0.3 is 0 Å². The van der Waals surface area contributed by atoms with Crippen molar-refractivity contribution in [1.82, 2.24) is 10.3 Å². The Morgan fingerprint density at radius 1 is 1.31 bits per heavy atom. The number of nitrogens with one attached hydrogen (secondary N) is 2. The smallest absolute Gasteiger partial charge is 0.192 e. The lowest BCUT2D eigenvalue weighted by molar-refractivity contribution is 0.476. The highest BCUT2D eigenvalue weighted by Crippen LogP contribution is 2.18. The van der Waals surface area contributed by atoms with Gasteiger partial charge in [0.05, 0.1) is 5.52 Å². The second kappa shape index (κ2) is 3.35. The first kappa shape index (κ1) is 9.42. The fraction of sp³-hybridized carbons (Fsp3) is 0.250. The van der Waals surface area contributed by atoms with E-state index < -0.39 is 0 Å². The maximum Gasteiger partial charge on any atom is 0.192 e. The lowest BCUT2D eigenvalue weighted by Gasteiger charge is -2.17. The number of hydrogen-bond donors (Lipinski definition) is 3. The zero-order chi connectivity index (χ0) is 11.1. The number of pyridine rings is 1. The second-order valence-corrected chi connectivity index (χ2v) is 4.07. The molecule has 0 bridgehead atoms. The number of benzene rings is 1. The van der Waals surface area contributed by atoms with Crippen molar-refractivity contribution in [2.45, 2.75) is 13.0 Å². The molecule has 0 spiro atoms. The summed E-state index contributed by atoms with van der Waals surface area (Å²) in [4.78, 5) is 15.4. The minimum absolute atomic E-state index is 0.0882. The van der Waals surface area contributed by atoms with Gasteiger partial charge in [0, 0.05) is 29.3 Å². The van der Waals surface area contributed by atoms with E-state index in [0.29, 0.717) is 17.4 Å². The monoisotopic (exact) mass is 216 g/mol. The van der Waals surface area contributed by atoms with E-state index in [4.69, 9.17) is 0 Å². The van der Waals surface area contributed by atoms with E-state index >= 15 is 0 Å². The van der Waals surface area contributed by atoms with Crippen LogP contribution < -0.4 is 10.7 Å². The van der Waals surface area contributed by atoms with Gasteiger partial charge in [-0.05, 0) is 25.1 Å². The first-order chi connectivity index (χ1) is 7.75. The predicted octanol–water partition coefficient (Wildman–Crippen LogP) is 0.879. The van der Waals surface area contributed by atoms with Crippen molar-refractivity contribution in [3.8, 4) is 5.75 Å². The van der Waals surface area contributed by atoms with Crippen molar-refractivity contribution in [2.24, 2.45) is 0 Å². The van der Waals surface area contributed by atoms with E-state index in [9.17, 15) is 9.90 Å². The fourth-order valence-corrected chi connectivity index (χ4v) is 2.21. The number of rotatable bonds is 0. The molecule has 1 aliphatic rings. The van der Waals surface area contributed by atoms with Gasteiger partial charge in [0.25, 0.3) is 0 Å². The number of aromatic hydroxyl groups is 1. The van der Waals surface area contributed by atoms with Crippen LogP contribution in [0.25, 0.3) is 10.9 Å². The van der Waals surface area contributed by atoms with E-state index in [1.54, 1.807) is 18.2 Å². The van der Waals surface area contributed by atoms with E-state index in [1.165, 1.54) is 0 Å². The van der Waals surface area contributed by atoms with Gasteiger partial charge in [-0.2, -0.15) is 0 Å². The first-order valence-electron chi connectivity index (χ1n) is 5.33. The minimum Gasteiger partial charge on any atom is -0.508 e. The molecule has 2 heterocycles. The summed E-state index contributed by atoms with van der Waals surface area (Å²) in [5.41, 5.74) is 2.60. The van der Waals surface area contributed by atoms with Crippen LogP contribution in [0.2, 0.25) is 0 Å². The van der Waals surface area contributed by atoms with Crippen LogP contribution in [0.15, 0.2) is 23.0 Å². The van der Waals surface area contributed by atoms with Crippen LogP contribution in [-0.4, -0.2) is 16.6 Å². The first-order valence-corrected chi connectivity index (χ1v) is 5.33. The van der Waals surface area contributed by atoms with Gasteiger partial charge in [-0.15, -0.1) is 0 Å². The van der Waals surface area contributed by atoms with Crippen LogP contribution in [0.3, 0.4) is 0 Å². The van der Waals surface area contributed by atoms with Crippen LogP contribution in [0.5, 0.6) is 5.75 Å². The Hall–Kier alpha value is -1.81. The summed E-state index contributed by atoms with van der Waals surface area (Å²) in [6.07, 6.45) is 0.765. The third-order valence-electron chi connectivity index (χ3n) is 3.03. The van der Waals surface area contributed by atoms with Gasteiger partial charge < -0.3 is 15.4 Å². The minimum atomic E-state index is 0.0882. The molecule has 82 valence electrons. The summed E-state index contributed by atoms with van der Waals surface area (Å²) in [7, 11) is 0. The van der Waals surface area contributed by atoms with Crippen LogP contribution in [0, 0.1) is 0 Å². The Bertz CT molecular complexity index is 616. The lowest BCUT2D eigenvalue weighted by Crippen LogP contribution is -2.29. The Morgan fingerprint density at radius 3 is 3.06 bits per heavy atom. The van der Waals surface area contributed by atoms with Gasteiger partial charge in [0.15, 0.2) is 5.43 Å². The standard InChI is InChI=1S/C12H12N2O2/c15-7-1-2-8-10(5-7)14-11-6-13-4-3-9(11)12(8)16/h1-2,5,13,15H,3-4,6H2,(H,14,16). The maximum atomic E-state index is 12.2. The molecule has 0 fully saturated rings. The highest BCUT2D eigenvalue weighted by atomic mass is 16.3. The molecule has 0 atom stereocenters. The topological polar surface area (TPSA) is 65.1 Å². The largest absolute Gasteiger partial charge is 0.508 e. The van der Waals surface area contributed by atoms with Crippen LogP contribution in [0.1, 0.15) is 11.3 Å². The lowest BCUT2D eigenvalue weighted by atomic mass is 10.0. The van der Waals surface area contributed by atoms with Gasteiger partial charge in [-0.25, -0.2) is 0 Å². The highest BCUT2D eigenvalue weighted by molar-refractivity contribution is 5.80. The van der Waals surface area contributed by atoms with Crippen molar-refractivity contribution in [3.63, 3.8) is 0 Å². The molecule has 16 heavy (non-hydrogen) atoms. The van der Waals surface area contributed by atoms with Crippen LogP contribution >= 0.6 is 0 Å². The van der Waals surface area contributed by atoms with Crippen molar-refractivity contribution in [3.05, 3.63) is 39.7 Å². The Labute approximate surface area is 91.9 Å². The summed E-state index contributed by atoms with van der Waals surface area (Å²) in [6.45, 7) is 1.54. The quantitative estimate of drug-likeness (QED) is 0.612. The van der Waals surface area contributed by atoms with Gasteiger partial charge in [0.1, 0.15) is 5.75 Å². The molecule has 1 aromatic heterocycles. The normalized spacial score (nSPS) is 15.0. The molecule has 4 heteroatoms. The second-order valence-electron chi connectivity index (χ2n) is 4.07. The fourth-order valence-electron chi connectivity index (χ4n) is 2.21. The number of hydrogen-bond acceptors (Lipinski definition) is 3. The summed E-state index contributed by atoms with van der Waals surface area (Å²) in [5, 5.41) is 13.3. The molecule has 1 aliphatic heterocycles. The molecule has 0 aliphatic carbocycles. The Balaban J connectivity index is 2.39. The van der Waals surface area contributed by atoms with Crippen LogP contribution in [0.4, 0.5) is 0 Å². The molecular formula is C12H12N2O2. The van der Waals surface area contributed by atoms with Gasteiger partial charge in [-0.1, -0.05) is 0 Å². The molecule has 4 nitrogen and oxygen atoms in total. The average Bonchev–Trinajstić information content (AvgIpc) is 2.29. The molecule has 1 aromatic carbocycles. The van der Waals surface area contributed by atoms with Crippen molar-refractivity contribution >= 4 is 10.9 Å². The van der Waals surface area contributed by atoms with E-state index in [0.717, 1.165) is 24.2 Å². The number of fused-ring (bicyclic) bond motifs is 2. The third kappa shape index (κ3) is 1.31. The summed E-state index contributed by atoms with van der Waals surface area (Å²) >= 11 is 0. The van der Waals surface area contributed by atoms with Gasteiger partial charge in [-0.3, -0.25) is 4.79 Å². The van der Waals surface area contributed by atoms with Gasteiger partial charge in [0.2, 0.25) is 0 Å². The number of aromatic nitrogens is 1. The molecule has 2 aromatic rings. The number of aromatic amines is 1. The Kier molecular flexibility index (Phi) is 1.97. The molecule has 0 amide bonds. The zero-order valence-electron chi connectivity index (χ0n) is 8.71. The summed E-state index contributed by atoms with van der Waals surface area (Å²) in [5.74, 6) is 0.173. The van der Waals surface area contributed by atoms with E-state index in [2.05, 4.69) is 10.3 Å². The molecule has 0 saturated heterocycles. The predicted molar refractivity (Wildman–Crippen MR) is 61.6 cm³/mol. The van der Waals surface area contributed by atoms with Crippen molar-refractivity contribution in [1.29, 1.82) is 0 Å². The zero-order valence-corrected chi connectivity index (χ0v) is 8.71.